The minimum Gasteiger partial charge on any atom is -0.381 e. The van der Waals surface area contributed by atoms with Crippen molar-refractivity contribution in [2.24, 2.45) is 5.92 Å². The molecule has 22 heavy (non-hydrogen) atoms. The van der Waals surface area contributed by atoms with Crippen LogP contribution in [0.25, 0.3) is 0 Å². The average Bonchev–Trinajstić information content (AvgIpc) is 3.20. The summed E-state index contributed by atoms with van der Waals surface area (Å²) in [5, 5.41) is 5.10. The molecule has 0 unspecified atom stereocenters. The van der Waals surface area contributed by atoms with Gasteiger partial charge in [-0.25, -0.2) is 0 Å². The first-order valence-corrected chi connectivity index (χ1v) is 8.85. The number of hydrogen-bond donors (Lipinski definition) is 1. The van der Waals surface area contributed by atoms with Gasteiger partial charge in [0.05, 0.1) is 24.7 Å². The first-order valence-electron chi connectivity index (χ1n) is 7.97. The molecule has 1 aromatic heterocycles. The van der Waals surface area contributed by atoms with E-state index >= 15 is 0 Å². The molecule has 0 aromatic carbocycles. The molecule has 0 saturated carbocycles. The van der Waals surface area contributed by atoms with Gasteiger partial charge in [-0.2, -0.15) is 0 Å². The standard InChI is InChI=1S/C16H24N2O3S/c1-12-3-9-22-15(12)16(19)17-10-14(13-2-6-21-11-13)18-4-7-20-8-5-18/h3,9,13-14H,2,4-8,10-11H2,1H3,(H,17,19)/t13-,14-/m1/s1. The molecule has 0 bridgehead atoms. The number of hydrogen-bond acceptors (Lipinski definition) is 5. The summed E-state index contributed by atoms with van der Waals surface area (Å²) < 4.78 is 11.0. The van der Waals surface area contributed by atoms with Gasteiger partial charge in [-0.05, 0) is 30.4 Å². The lowest BCUT2D eigenvalue weighted by Crippen LogP contribution is -2.52. The summed E-state index contributed by atoms with van der Waals surface area (Å²) in [5.41, 5.74) is 1.05. The van der Waals surface area contributed by atoms with E-state index < -0.39 is 0 Å². The van der Waals surface area contributed by atoms with E-state index in [0.717, 1.165) is 56.4 Å². The maximum absolute atomic E-state index is 12.4. The third-order valence-corrected chi connectivity index (χ3v) is 5.58. The molecule has 5 nitrogen and oxygen atoms in total. The second-order valence-corrected chi connectivity index (χ2v) is 6.90. The maximum Gasteiger partial charge on any atom is 0.261 e. The number of rotatable bonds is 5. The van der Waals surface area contributed by atoms with E-state index in [0.29, 0.717) is 18.5 Å². The smallest absolute Gasteiger partial charge is 0.261 e. The Morgan fingerprint density at radius 3 is 2.86 bits per heavy atom. The van der Waals surface area contributed by atoms with Gasteiger partial charge < -0.3 is 14.8 Å². The monoisotopic (exact) mass is 324 g/mol. The number of ether oxygens (including phenoxy) is 2. The molecule has 2 saturated heterocycles. The summed E-state index contributed by atoms with van der Waals surface area (Å²) in [7, 11) is 0. The number of carbonyl (C=O) groups excluding carboxylic acids is 1. The fourth-order valence-electron chi connectivity index (χ4n) is 3.24. The fourth-order valence-corrected chi connectivity index (χ4v) is 4.08. The van der Waals surface area contributed by atoms with Crippen molar-refractivity contribution in [3.63, 3.8) is 0 Å². The minimum absolute atomic E-state index is 0.0460. The highest BCUT2D eigenvalue weighted by atomic mass is 32.1. The highest BCUT2D eigenvalue weighted by Gasteiger charge is 2.31. The predicted molar refractivity (Wildman–Crippen MR) is 86.5 cm³/mol. The number of aryl methyl sites for hydroxylation is 1. The minimum atomic E-state index is 0.0460. The van der Waals surface area contributed by atoms with Gasteiger partial charge in [-0.1, -0.05) is 0 Å². The van der Waals surface area contributed by atoms with Crippen LogP contribution < -0.4 is 5.32 Å². The fraction of sp³-hybridized carbons (Fsp3) is 0.688. The predicted octanol–water partition coefficient (Wildman–Crippen LogP) is 1.52. The molecule has 3 heterocycles. The summed E-state index contributed by atoms with van der Waals surface area (Å²) in [6.07, 6.45) is 1.08. The van der Waals surface area contributed by atoms with Crippen molar-refractivity contribution >= 4 is 17.2 Å². The van der Waals surface area contributed by atoms with Gasteiger partial charge in [0.2, 0.25) is 0 Å². The van der Waals surface area contributed by atoms with E-state index in [1.807, 2.05) is 18.4 Å². The van der Waals surface area contributed by atoms with Crippen molar-refractivity contribution in [1.82, 2.24) is 10.2 Å². The molecule has 122 valence electrons. The zero-order chi connectivity index (χ0) is 15.4. The van der Waals surface area contributed by atoms with Gasteiger partial charge in [0, 0.05) is 38.2 Å². The van der Waals surface area contributed by atoms with Crippen LogP contribution in [0.3, 0.4) is 0 Å². The summed E-state index contributed by atoms with van der Waals surface area (Å²) in [5.74, 6) is 0.549. The number of amides is 1. The van der Waals surface area contributed by atoms with Crippen LogP contribution in [0.5, 0.6) is 0 Å². The second-order valence-electron chi connectivity index (χ2n) is 5.98. The Balaban J connectivity index is 1.62. The lowest BCUT2D eigenvalue weighted by atomic mass is 9.97. The van der Waals surface area contributed by atoms with Crippen molar-refractivity contribution in [3.8, 4) is 0 Å². The summed E-state index contributed by atoms with van der Waals surface area (Å²) in [6, 6.07) is 2.33. The van der Waals surface area contributed by atoms with Gasteiger partial charge >= 0.3 is 0 Å². The largest absolute Gasteiger partial charge is 0.381 e. The molecule has 0 radical (unpaired) electrons. The molecule has 0 aliphatic carbocycles. The van der Waals surface area contributed by atoms with Crippen LogP contribution in [-0.2, 0) is 9.47 Å². The topological polar surface area (TPSA) is 50.8 Å². The van der Waals surface area contributed by atoms with Crippen molar-refractivity contribution in [2.75, 3.05) is 46.1 Å². The third kappa shape index (κ3) is 3.68. The second kappa shape index (κ2) is 7.55. The van der Waals surface area contributed by atoms with Gasteiger partial charge in [-0.3, -0.25) is 9.69 Å². The van der Waals surface area contributed by atoms with E-state index in [-0.39, 0.29) is 5.91 Å². The Hall–Kier alpha value is -0.950. The quantitative estimate of drug-likeness (QED) is 0.892. The Morgan fingerprint density at radius 1 is 1.41 bits per heavy atom. The SMILES string of the molecule is Cc1ccsc1C(=O)NC[C@H]([C@@H]1CCOC1)N1CCOCC1. The highest BCUT2D eigenvalue weighted by molar-refractivity contribution is 7.12. The molecule has 2 aliphatic heterocycles. The average molecular weight is 324 g/mol. The number of carbonyl (C=O) groups is 1. The van der Waals surface area contributed by atoms with E-state index in [1.54, 1.807) is 0 Å². The molecule has 3 rings (SSSR count). The van der Waals surface area contributed by atoms with E-state index in [9.17, 15) is 4.79 Å². The number of nitrogens with one attached hydrogen (secondary N) is 1. The Labute approximate surface area is 135 Å². The maximum atomic E-state index is 12.4. The van der Waals surface area contributed by atoms with Crippen molar-refractivity contribution in [3.05, 3.63) is 21.9 Å². The zero-order valence-electron chi connectivity index (χ0n) is 13.0. The third-order valence-electron chi connectivity index (χ3n) is 4.56. The molecule has 6 heteroatoms. The molecule has 2 fully saturated rings. The van der Waals surface area contributed by atoms with Crippen LogP contribution in [0.2, 0.25) is 0 Å². The van der Waals surface area contributed by atoms with E-state index in [1.165, 1.54) is 11.3 Å². The number of morpholine rings is 1. The zero-order valence-corrected chi connectivity index (χ0v) is 13.9. The molecule has 0 spiro atoms. The van der Waals surface area contributed by atoms with Crippen LogP contribution in [0.4, 0.5) is 0 Å². The Kier molecular flexibility index (Phi) is 5.46. The summed E-state index contributed by atoms with van der Waals surface area (Å²) >= 11 is 1.51. The Morgan fingerprint density at radius 2 is 2.23 bits per heavy atom. The molecular weight excluding hydrogens is 300 g/mol. The van der Waals surface area contributed by atoms with Gasteiger partial charge in [0.15, 0.2) is 0 Å². The normalized spacial score (nSPS) is 24.3. The van der Waals surface area contributed by atoms with E-state index in [2.05, 4.69) is 10.2 Å². The first kappa shape index (κ1) is 15.9. The molecule has 1 aromatic rings. The highest BCUT2D eigenvalue weighted by Crippen LogP contribution is 2.22. The van der Waals surface area contributed by atoms with Crippen LogP contribution in [-0.4, -0.2) is 62.9 Å². The van der Waals surface area contributed by atoms with Crippen molar-refractivity contribution in [2.45, 2.75) is 19.4 Å². The number of nitrogens with zero attached hydrogens (tertiary/aromatic N) is 1. The van der Waals surface area contributed by atoms with Gasteiger partial charge in [0.25, 0.3) is 5.91 Å². The number of thiophene rings is 1. The first-order chi connectivity index (χ1) is 10.8. The van der Waals surface area contributed by atoms with Crippen molar-refractivity contribution < 1.29 is 14.3 Å². The Bertz CT molecular complexity index is 493. The molecule has 1 amide bonds. The molecule has 2 atom stereocenters. The molecule has 1 N–H and O–H groups in total. The molecule has 2 aliphatic rings. The lowest BCUT2D eigenvalue weighted by Gasteiger charge is -2.37. The van der Waals surface area contributed by atoms with Crippen LogP contribution in [0, 0.1) is 12.8 Å². The van der Waals surface area contributed by atoms with E-state index in [4.69, 9.17) is 9.47 Å². The van der Waals surface area contributed by atoms with Crippen molar-refractivity contribution in [1.29, 1.82) is 0 Å². The van der Waals surface area contributed by atoms with Crippen LogP contribution in [0.15, 0.2) is 11.4 Å². The summed E-state index contributed by atoms with van der Waals surface area (Å²) in [4.78, 5) is 15.6. The van der Waals surface area contributed by atoms with Gasteiger partial charge in [0.1, 0.15) is 0 Å². The lowest BCUT2D eigenvalue weighted by molar-refractivity contribution is 0.00167. The van der Waals surface area contributed by atoms with Crippen LogP contribution in [0.1, 0.15) is 21.7 Å². The van der Waals surface area contributed by atoms with Crippen LogP contribution >= 0.6 is 11.3 Å². The molecular formula is C16H24N2O3S. The summed E-state index contributed by atoms with van der Waals surface area (Å²) in [6.45, 7) is 7.74. The van der Waals surface area contributed by atoms with Gasteiger partial charge in [-0.15, -0.1) is 11.3 Å².